The van der Waals surface area contributed by atoms with Gasteiger partial charge in [-0.05, 0) is 25.1 Å². The fourth-order valence-electron chi connectivity index (χ4n) is 2.54. The van der Waals surface area contributed by atoms with Crippen LogP contribution in [0.4, 0.5) is 0 Å². The third kappa shape index (κ3) is 2.99. The van der Waals surface area contributed by atoms with E-state index in [2.05, 4.69) is 10.3 Å². The number of fused-ring (bicyclic) bond motifs is 1. The van der Waals surface area contributed by atoms with Crippen molar-refractivity contribution in [2.45, 2.75) is 19.1 Å². The van der Waals surface area contributed by atoms with E-state index in [4.69, 9.17) is 11.6 Å². The van der Waals surface area contributed by atoms with E-state index in [0.29, 0.717) is 18.1 Å². The van der Waals surface area contributed by atoms with Gasteiger partial charge in [0.15, 0.2) is 0 Å². The van der Waals surface area contributed by atoms with Crippen molar-refractivity contribution >= 4 is 17.2 Å². The molecule has 0 saturated carbocycles. The van der Waals surface area contributed by atoms with E-state index in [1.807, 2.05) is 53.2 Å². The number of nitrogens with one attached hydrogen (secondary N) is 1. The van der Waals surface area contributed by atoms with E-state index < -0.39 is 5.60 Å². The zero-order valence-electron chi connectivity index (χ0n) is 12.3. The molecule has 5 heteroatoms. The fourth-order valence-corrected chi connectivity index (χ4v) is 2.88. The molecule has 0 amide bonds. The fraction of sp³-hybridized carbons (Fsp3) is 0.235. The Bertz CT molecular complexity index is 782. The van der Waals surface area contributed by atoms with Crippen molar-refractivity contribution < 1.29 is 5.11 Å². The molecule has 0 aliphatic heterocycles. The number of aromatic nitrogens is 2. The van der Waals surface area contributed by atoms with Crippen LogP contribution in [0.1, 0.15) is 18.2 Å². The summed E-state index contributed by atoms with van der Waals surface area (Å²) in [6, 6.07) is 13.3. The molecule has 0 radical (unpaired) electrons. The van der Waals surface area contributed by atoms with Gasteiger partial charge in [-0.25, -0.2) is 4.98 Å². The zero-order valence-corrected chi connectivity index (χ0v) is 13.1. The molecule has 0 aliphatic carbocycles. The van der Waals surface area contributed by atoms with Crippen LogP contribution in [0.3, 0.4) is 0 Å². The third-order valence-electron chi connectivity index (χ3n) is 3.72. The molecular formula is C17H18ClN3O. The molecule has 3 aromatic rings. The number of hydrogen-bond acceptors (Lipinski definition) is 3. The molecule has 3 rings (SSSR count). The number of hydrogen-bond donors (Lipinski definition) is 2. The van der Waals surface area contributed by atoms with Crippen molar-refractivity contribution in [1.82, 2.24) is 14.7 Å². The average molecular weight is 316 g/mol. The molecule has 2 aromatic heterocycles. The van der Waals surface area contributed by atoms with Gasteiger partial charge in [0.2, 0.25) is 0 Å². The predicted octanol–water partition coefficient (Wildman–Crippen LogP) is 2.99. The van der Waals surface area contributed by atoms with Crippen LogP contribution in [0.5, 0.6) is 0 Å². The van der Waals surface area contributed by atoms with Crippen LogP contribution in [0.2, 0.25) is 5.02 Å². The highest BCUT2D eigenvalue weighted by atomic mass is 35.5. The highest BCUT2D eigenvalue weighted by Crippen LogP contribution is 2.27. The molecule has 2 N–H and O–H groups in total. The number of rotatable bonds is 5. The van der Waals surface area contributed by atoms with Crippen LogP contribution >= 0.6 is 11.6 Å². The summed E-state index contributed by atoms with van der Waals surface area (Å²) in [6.07, 6.45) is 3.82. The average Bonchev–Trinajstić information content (AvgIpc) is 2.91. The van der Waals surface area contributed by atoms with Crippen molar-refractivity contribution in [3.8, 4) is 0 Å². The summed E-state index contributed by atoms with van der Waals surface area (Å²) in [5, 5.41) is 14.5. The minimum absolute atomic E-state index is 0.400. The van der Waals surface area contributed by atoms with Crippen LogP contribution in [0, 0.1) is 0 Å². The lowest BCUT2D eigenvalue weighted by atomic mass is 9.96. The normalized spacial score (nSPS) is 14.1. The third-order valence-corrected chi connectivity index (χ3v) is 4.05. The van der Waals surface area contributed by atoms with Crippen molar-refractivity contribution in [2.75, 3.05) is 6.54 Å². The minimum atomic E-state index is -1.03. The van der Waals surface area contributed by atoms with Crippen molar-refractivity contribution in [3.63, 3.8) is 0 Å². The summed E-state index contributed by atoms with van der Waals surface area (Å²) in [5.74, 6) is 0. The number of halogens is 1. The van der Waals surface area contributed by atoms with Crippen molar-refractivity contribution in [3.05, 3.63) is 71.1 Å². The van der Waals surface area contributed by atoms with Gasteiger partial charge in [0.1, 0.15) is 11.2 Å². The Kier molecular flexibility index (Phi) is 4.16. The Hall–Kier alpha value is -1.88. The van der Waals surface area contributed by atoms with Crippen LogP contribution in [0.25, 0.3) is 5.65 Å². The molecule has 1 aromatic carbocycles. The lowest BCUT2D eigenvalue weighted by molar-refractivity contribution is 0.0567. The molecule has 0 fully saturated rings. The molecule has 0 saturated heterocycles. The van der Waals surface area contributed by atoms with Gasteiger partial charge in [0.05, 0.1) is 11.9 Å². The molecule has 114 valence electrons. The van der Waals surface area contributed by atoms with Crippen molar-refractivity contribution in [1.29, 1.82) is 0 Å². The van der Waals surface area contributed by atoms with Gasteiger partial charge in [0.25, 0.3) is 0 Å². The molecule has 1 unspecified atom stereocenters. The summed E-state index contributed by atoms with van der Waals surface area (Å²) in [6.45, 7) is 2.78. The standard InChI is InChI=1S/C17H18ClN3O/c1-17(22,14-6-2-3-7-15(14)18)12-19-10-13-11-20-16-8-4-5-9-21(13)16/h2-9,11,19,22H,10,12H2,1H3. The molecule has 0 aliphatic rings. The lowest BCUT2D eigenvalue weighted by Crippen LogP contribution is -2.35. The van der Waals surface area contributed by atoms with Gasteiger partial charge in [-0.3, -0.25) is 0 Å². The van der Waals surface area contributed by atoms with E-state index in [9.17, 15) is 5.11 Å². The molecule has 2 heterocycles. The number of benzene rings is 1. The number of pyridine rings is 1. The molecule has 0 bridgehead atoms. The topological polar surface area (TPSA) is 49.6 Å². The van der Waals surface area contributed by atoms with Gasteiger partial charge in [-0.15, -0.1) is 0 Å². The van der Waals surface area contributed by atoms with Gasteiger partial charge in [0, 0.05) is 29.9 Å². The summed E-state index contributed by atoms with van der Waals surface area (Å²) in [5.41, 5.74) is 1.66. The summed E-state index contributed by atoms with van der Waals surface area (Å²) >= 11 is 6.16. The first kappa shape index (κ1) is 15.0. The number of aliphatic hydroxyl groups is 1. The summed E-state index contributed by atoms with van der Waals surface area (Å²) in [7, 11) is 0. The molecule has 4 nitrogen and oxygen atoms in total. The molecule has 1 atom stereocenters. The van der Waals surface area contributed by atoms with Crippen LogP contribution in [0.15, 0.2) is 54.9 Å². The SMILES string of the molecule is CC(O)(CNCc1cnc2ccccn12)c1ccccc1Cl. The zero-order chi connectivity index (χ0) is 15.6. The first-order valence-electron chi connectivity index (χ1n) is 7.17. The van der Waals surface area contributed by atoms with Gasteiger partial charge < -0.3 is 14.8 Å². The molecule has 0 spiro atoms. The summed E-state index contributed by atoms with van der Waals surface area (Å²) < 4.78 is 2.03. The maximum atomic E-state index is 10.6. The maximum Gasteiger partial charge on any atom is 0.136 e. The second-order valence-corrected chi connectivity index (χ2v) is 5.94. The van der Waals surface area contributed by atoms with Crippen LogP contribution in [-0.4, -0.2) is 21.0 Å². The quantitative estimate of drug-likeness (QED) is 0.761. The first-order valence-corrected chi connectivity index (χ1v) is 7.55. The highest BCUT2D eigenvalue weighted by Gasteiger charge is 2.25. The van der Waals surface area contributed by atoms with Gasteiger partial charge >= 0.3 is 0 Å². The van der Waals surface area contributed by atoms with E-state index in [0.717, 1.165) is 16.9 Å². The van der Waals surface area contributed by atoms with Gasteiger partial charge in [-0.1, -0.05) is 35.9 Å². The second-order valence-electron chi connectivity index (χ2n) is 5.54. The summed E-state index contributed by atoms with van der Waals surface area (Å²) in [4.78, 5) is 4.35. The Balaban J connectivity index is 1.69. The van der Waals surface area contributed by atoms with E-state index in [-0.39, 0.29) is 0 Å². The molecular weight excluding hydrogens is 298 g/mol. The second kappa shape index (κ2) is 6.08. The monoisotopic (exact) mass is 315 g/mol. The number of imidazole rings is 1. The van der Waals surface area contributed by atoms with Crippen LogP contribution < -0.4 is 5.32 Å². The van der Waals surface area contributed by atoms with Crippen molar-refractivity contribution in [2.24, 2.45) is 0 Å². The van der Waals surface area contributed by atoms with E-state index >= 15 is 0 Å². The van der Waals surface area contributed by atoms with Gasteiger partial charge in [-0.2, -0.15) is 0 Å². The predicted molar refractivity (Wildman–Crippen MR) is 87.9 cm³/mol. The Morgan fingerprint density at radius 3 is 2.82 bits per heavy atom. The lowest BCUT2D eigenvalue weighted by Gasteiger charge is -2.25. The largest absolute Gasteiger partial charge is 0.384 e. The van der Waals surface area contributed by atoms with E-state index in [1.54, 1.807) is 13.0 Å². The van der Waals surface area contributed by atoms with E-state index in [1.165, 1.54) is 0 Å². The highest BCUT2D eigenvalue weighted by molar-refractivity contribution is 6.31. The smallest absolute Gasteiger partial charge is 0.136 e. The first-order chi connectivity index (χ1) is 10.6. The number of nitrogens with zero attached hydrogens (tertiary/aromatic N) is 2. The Morgan fingerprint density at radius 1 is 1.23 bits per heavy atom. The Morgan fingerprint density at radius 2 is 2.00 bits per heavy atom. The maximum absolute atomic E-state index is 10.6. The van der Waals surface area contributed by atoms with Crippen LogP contribution in [-0.2, 0) is 12.1 Å². The molecule has 22 heavy (non-hydrogen) atoms. The minimum Gasteiger partial charge on any atom is -0.384 e. The Labute approximate surface area is 134 Å².